The largest absolute Gasteiger partial charge is 0.333 e. The molecule has 23 heavy (non-hydrogen) atoms. The second-order valence-corrected chi connectivity index (χ2v) is 7.01. The molecule has 2 rings (SSSR count). The maximum Gasteiger partial charge on any atom is 0.240 e. The van der Waals surface area contributed by atoms with Gasteiger partial charge in [-0.3, -0.25) is 4.79 Å². The first kappa shape index (κ1) is 17.2. The highest BCUT2D eigenvalue weighted by Crippen LogP contribution is 2.21. The SMILES string of the molecule is CC(C)(C)C(N)C(=O)N(Cc1ccccc1)Cc1ccccc1. The zero-order valence-corrected chi connectivity index (χ0v) is 14.2. The minimum atomic E-state index is -0.519. The Bertz CT molecular complexity index is 576. The van der Waals surface area contributed by atoms with E-state index in [-0.39, 0.29) is 11.3 Å². The molecule has 0 aliphatic rings. The lowest BCUT2D eigenvalue weighted by Crippen LogP contribution is -2.49. The smallest absolute Gasteiger partial charge is 0.240 e. The fourth-order valence-corrected chi connectivity index (χ4v) is 2.39. The van der Waals surface area contributed by atoms with E-state index >= 15 is 0 Å². The predicted molar refractivity (Wildman–Crippen MR) is 94.6 cm³/mol. The van der Waals surface area contributed by atoms with Gasteiger partial charge in [-0.2, -0.15) is 0 Å². The molecule has 3 nitrogen and oxygen atoms in total. The van der Waals surface area contributed by atoms with E-state index in [1.807, 2.05) is 86.3 Å². The molecule has 0 bridgehead atoms. The van der Waals surface area contributed by atoms with Crippen molar-refractivity contribution in [3.63, 3.8) is 0 Å². The number of carbonyl (C=O) groups excluding carboxylic acids is 1. The Labute approximate surface area is 139 Å². The van der Waals surface area contributed by atoms with Gasteiger partial charge in [-0.15, -0.1) is 0 Å². The van der Waals surface area contributed by atoms with Crippen LogP contribution in [0, 0.1) is 5.41 Å². The van der Waals surface area contributed by atoms with Gasteiger partial charge in [0, 0.05) is 13.1 Å². The van der Waals surface area contributed by atoms with Crippen molar-refractivity contribution in [2.45, 2.75) is 39.9 Å². The molecule has 0 saturated carbocycles. The molecule has 3 heteroatoms. The standard InChI is InChI=1S/C20H26N2O/c1-20(2,3)18(21)19(23)22(14-16-10-6-4-7-11-16)15-17-12-8-5-9-13-17/h4-13,18H,14-15,21H2,1-3H3. The summed E-state index contributed by atoms with van der Waals surface area (Å²) < 4.78 is 0. The van der Waals surface area contributed by atoms with Crippen LogP contribution >= 0.6 is 0 Å². The van der Waals surface area contributed by atoms with Crippen molar-refractivity contribution in [3.8, 4) is 0 Å². The second-order valence-electron chi connectivity index (χ2n) is 7.01. The summed E-state index contributed by atoms with van der Waals surface area (Å²) in [5.41, 5.74) is 8.17. The maximum atomic E-state index is 12.9. The van der Waals surface area contributed by atoms with Crippen LogP contribution in [0.3, 0.4) is 0 Å². The van der Waals surface area contributed by atoms with Crippen LogP contribution < -0.4 is 5.73 Å². The third kappa shape index (κ3) is 4.93. The van der Waals surface area contributed by atoms with Gasteiger partial charge in [0.05, 0.1) is 6.04 Å². The topological polar surface area (TPSA) is 46.3 Å². The van der Waals surface area contributed by atoms with Crippen molar-refractivity contribution in [1.29, 1.82) is 0 Å². The molecule has 1 unspecified atom stereocenters. The van der Waals surface area contributed by atoms with Crippen molar-refractivity contribution in [3.05, 3.63) is 71.8 Å². The quantitative estimate of drug-likeness (QED) is 0.917. The first-order valence-corrected chi connectivity index (χ1v) is 8.00. The van der Waals surface area contributed by atoms with Gasteiger partial charge >= 0.3 is 0 Å². The molecule has 0 radical (unpaired) electrons. The number of hydrogen-bond donors (Lipinski definition) is 1. The van der Waals surface area contributed by atoms with Crippen LogP contribution in [0.2, 0.25) is 0 Å². The number of nitrogens with zero attached hydrogens (tertiary/aromatic N) is 1. The number of benzene rings is 2. The van der Waals surface area contributed by atoms with Gasteiger partial charge in [-0.25, -0.2) is 0 Å². The summed E-state index contributed by atoms with van der Waals surface area (Å²) >= 11 is 0. The molecule has 2 aromatic carbocycles. The van der Waals surface area contributed by atoms with E-state index < -0.39 is 6.04 Å². The number of rotatable bonds is 5. The van der Waals surface area contributed by atoms with Crippen molar-refractivity contribution >= 4 is 5.91 Å². The van der Waals surface area contributed by atoms with Gasteiger partial charge in [0.2, 0.25) is 5.91 Å². The van der Waals surface area contributed by atoms with E-state index in [4.69, 9.17) is 5.73 Å². The van der Waals surface area contributed by atoms with Gasteiger partial charge in [0.25, 0.3) is 0 Å². The Kier molecular flexibility index (Phi) is 5.56. The summed E-state index contributed by atoms with van der Waals surface area (Å²) in [6, 6.07) is 19.5. The van der Waals surface area contributed by atoms with Crippen LogP contribution in [0.5, 0.6) is 0 Å². The summed E-state index contributed by atoms with van der Waals surface area (Å²) in [6.07, 6.45) is 0. The van der Waals surface area contributed by atoms with Crippen LogP contribution in [0.4, 0.5) is 0 Å². The zero-order valence-electron chi connectivity index (χ0n) is 14.2. The molecule has 0 saturated heterocycles. The summed E-state index contributed by atoms with van der Waals surface area (Å²) in [4.78, 5) is 14.7. The van der Waals surface area contributed by atoms with E-state index in [9.17, 15) is 4.79 Å². The lowest BCUT2D eigenvalue weighted by atomic mass is 9.86. The maximum absolute atomic E-state index is 12.9. The van der Waals surface area contributed by atoms with Gasteiger partial charge in [-0.1, -0.05) is 81.4 Å². The van der Waals surface area contributed by atoms with Crippen LogP contribution in [0.25, 0.3) is 0 Å². The summed E-state index contributed by atoms with van der Waals surface area (Å²) in [5.74, 6) is -0.00907. The Morgan fingerprint density at radius 3 is 1.65 bits per heavy atom. The Hall–Kier alpha value is -2.13. The third-order valence-electron chi connectivity index (χ3n) is 3.94. The minimum absolute atomic E-state index is 0.00907. The monoisotopic (exact) mass is 310 g/mol. The van der Waals surface area contributed by atoms with Crippen molar-refractivity contribution < 1.29 is 4.79 Å². The molecule has 0 aliphatic heterocycles. The van der Waals surface area contributed by atoms with E-state index in [1.165, 1.54) is 0 Å². The zero-order chi connectivity index (χ0) is 16.9. The first-order chi connectivity index (χ1) is 10.9. The van der Waals surface area contributed by atoms with Crippen molar-refractivity contribution in [2.75, 3.05) is 0 Å². The number of hydrogen-bond acceptors (Lipinski definition) is 2. The molecule has 122 valence electrons. The van der Waals surface area contributed by atoms with Crippen LogP contribution in [-0.2, 0) is 17.9 Å². The molecular weight excluding hydrogens is 284 g/mol. The van der Waals surface area contributed by atoms with Crippen molar-refractivity contribution in [1.82, 2.24) is 4.90 Å². The molecule has 0 aliphatic carbocycles. The summed E-state index contributed by atoms with van der Waals surface area (Å²) in [7, 11) is 0. The Morgan fingerprint density at radius 2 is 1.30 bits per heavy atom. The van der Waals surface area contributed by atoms with Gasteiger partial charge < -0.3 is 10.6 Å². The Balaban J connectivity index is 2.22. The highest BCUT2D eigenvalue weighted by Gasteiger charge is 2.31. The van der Waals surface area contributed by atoms with Gasteiger partial charge in [-0.05, 0) is 16.5 Å². The van der Waals surface area contributed by atoms with Gasteiger partial charge in [0.15, 0.2) is 0 Å². The second kappa shape index (κ2) is 7.42. The predicted octanol–water partition coefficient (Wildman–Crippen LogP) is 3.59. The minimum Gasteiger partial charge on any atom is -0.333 e. The fraction of sp³-hybridized carbons (Fsp3) is 0.350. The number of nitrogens with two attached hydrogens (primary N) is 1. The van der Waals surface area contributed by atoms with E-state index in [1.54, 1.807) is 0 Å². The molecule has 0 aromatic heterocycles. The average Bonchev–Trinajstić information content (AvgIpc) is 2.54. The van der Waals surface area contributed by atoms with E-state index in [2.05, 4.69) is 0 Å². The lowest BCUT2D eigenvalue weighted by Gasteiger charge is -2.32. The van der Waals surface area contributed by atoms with Crippen LogP contribution in [0.1, 0.15) is 31.9 Å². The lowest BCUT2D eigenvalue weighted by molar-refractivity contribution is -0.136. The molecule has 0 spiro atoms. The highest BCUT2D eigenvalue weighted by molar-refractivity contribution is 5.82. The van der Waals surface area contributed by atoms with Gasteiger partial charge in [0.1, 0.15) is 0 Å². The number of carbonyl (C=O) groups is 1. The normalized spacial score (nSPS) is 12.7. The summed E-state index contributed by atoms with van der Waals surface area (Å²) in [6.45, 7) is 7.13. The van der Waals surface area contributed by atoms with Crippen molar-refractivity contribution in [2.24, 2.45) is 11.1 Å². The fourth-order valence-electron chi connectivity index (χ4n) is 2.39. The first-order valence-electron chi connectivity index (χ1n) is 8.00. The van der Waals surface area contributed by atoms with E-state index in [0.29, 0.717) is 13.1 Å². The molecular formula is C20H26N2O. The summed E-state index contributed by atoms with van der Waals surface area (Å²) in [5, 5.41) is 0. The molecule has 2 N–H and O–H groups in total. The molecule has 2 aromatic rings. The van der Waals surface area contributed by atoms with Crippen LogP contribution in [-0.4, -0.2) is 16.8 Å². The molecule has 0 fully saturated rings. The molecule has 1 atom stereocenters. The third-order valence-corrected chi connectivity index (χ3v) is 3.94. The molecule has 0 heterocycles. The average molecular weight is 310 g/mol. The van der Waals surface area contributed by atoms with Crippen LogP contribution in [0.15, 0.2) is 60.7 Å². The Morgan fingerprint density at radius 1 is 0.913 bits per heavy atom. The highest BCUT2D eigenvalue weighted by atomic mass is 16.2. The number of amides is 1. The molecule has 1 amide bonds. The van der Waals surface area contributed by atoms with E-state index in [0.717, 1.165) is 11.1 Å².